The lowest BCUT2D eigenvalue weighted by molar-refractivity contribution is -0.131. The van der Waals surface area contributed by atoms with E-state index in [1.165, 1.54) is 51.4 Å². The molecule has 0 radical (unpaired) electrons. The van der Waals surface area contributed by atoms with Gasteiger partial charge >= 0.3 is 0 Å². The van der Waals surface area contributed by atoms with Crippen LogP contribution in [0.25, 0.3) is 10.2 Å². The Bertz CT molecular complexity index is 1070. The summed E-state index contributed by atoms with van der Waals surface area (Å²) < 4.78 is 12.9. The normalized spacial score (nSPS) is 12.8. The molecule has 1 aliphatic carbocycles. The van der Waals surface area contributed by atoms with Gasteiger partial charge in [-0.05, 0) is 49.1 Å². The number of amides is 2. The highest BCUT2D eigenvalue weighted by Crippen LogP contribution is 2.39. The van der Waals surface area contributed by atoms with Crippen molar-refractivity contribution in [2.24, 2.45) is 0 Å². The van der Waals surface area contributed by atoms with E-state index in [0.717, 1.165) is 34.5 Å². The first-order valence-corrected chi connectivity index (χ1v) is 11.0. The van der Waals surface area contributed by atoms with Crippen molar-refractivity contribution < 1.29 is 14.0 Å². The van der Waals surface area contributed by atoms with Gasteiger partial charge in [0.2, 0.25) is 11.8 Å². The first-order chi connectivity index (χ1) is 14.0. The lowest BCUT2D eigenvalue weighted by Gasteiger charge is -2.16. The van der Waals surface area contributed by atoms with Crippen LogP contribution < -0.4 is 5.32 Å². The van der Waals surface area contributed by atoms with E-state index in [-0.39, 0.29) is 29.9 Å². The molecular formula is C20H19FN4O2S2. The lowest BCUT2D eigenvalue weighted by atomic mass is 10.2. The van der Waals surface area contributed by atoms with Gasteiger partial charge in [-0.15, -0.1) is 11.3 Å². The monoisotopic (exact) mass is 430 g/mol. The van der Waals surface area contributed by atoms with Crippen molar-refractivity contribution in [1.82, 2.24) is 14.9 Å². The van der Waals surface area contributed by atoms with Crippen LogP contribution in [0.3, 0.4) is 0 Å². The SMILES string of the molecule is CN(CC(=O)Nc1ccc(F)cc1)C(=O)CSc1ncnc2sc3c(c12)CCC3. The molecule has 6 nitrogen and oxygen atoms in total. The Hall–Kier alpha value is -2.52. The number of thiophene rings is 1. The molecule has 0 spiro atoms. The first kappa shape index (κ1) is 19.8. The molecular weight excluding hydrogens is 411 g/mol. The summed E-state index contributed by atoms with van der Waals surface area (Å²) in [7, 11) is 1.59. The van der Waals surface area contributed by atoms with E-state index in [0.29, 0.717) is 5.69 Å². The Morgan fingerprint density at radius 1 is 1.24 bits per heavy atom. The maximum absolute atomic E-state index is 12.9. The van der Waals surface area contributed by atoms with Crippen LogP contribution in [0, 0.1) is 5.82 Å². The van der Waals surface area contributed by atoms with Crippen molar-refractivity contribution in [2.45, 2.75) is 24.3 Å². The molecule has 2 amide bonds. The molecule has 0 saturated heterocycles. The Kier molecular flexibility index (Phi) is 5.77. The quantitative estimate of drug-likeness (QED) is 0.479. The first-order valence-electron chi connectivity index (χ1n) is 9.18. The molecule has 9 heteroatoms. The molecule has 1 N–H and O–H groups in total. The highest BCUT2D eigenvalue weighted by Gasteiger charge is 2.22. The van der Waals surface area contributed by atoms with Crippen molar-refractivity contribution in [3.8, 4) is 0 Å². The number of carbonyl (C=O) groups excluding carboxylic acids is 2. The van der Waals surface area contributed by atoms with E-state index < -0.39 is 0 Å². The number of fused-ring (bicyclic) bond motifs is 3. The van der Waals surface area contributed by atoms with E-state index in [2.05, 4.69) is 15.3 Å². The minimum Gasteiger partial charge on any atom is -0.336 e. The summed E-state index contributed by atoms with van der Waals surface area (Å²) in [5.41, 5.74) is 1.81. The van der Waals surface area contributed by atoms with Gasteiger partial charge in [0.15, 0.2) is 0 Å². The second kappa shape index (κ2) is 8.46. The van der Waals surface area contributed by atoms with Crippen LogP contribution in [0.5, 0.6) is 0 Å². The second-order valence-corrected chi connectivity index (χ2v) is 8.86. The molecule has 150 valence electrons. The summed E-state index contributed by atoms with van der Waals surface area (Å²) in [6.07, 6.45) is 4.82. The number of benzene rings is 1. The Morgan fingerprint density at radius 2 is 2.03 bits per heavy atom. The van der Waals surface area contributed by atoms with Gasteiger partial charge in [-0.1, -0.05) is 11.8 Å². The van der Waals surface area contributed by atoms with E-state index in [4.69, 9.17) is 0 Å². The summed E-state index contributed by atoms with van der Waals surface area (Å²) in [5, 5.41) is 4.56. The molecule has 1 aliphatic rings. The number of rotatable bonds is 6. The molecule has 1 aromatic carbocycles. The fourth-order valence-corrected chi connectivity index (χ4v) is 5.55. The number of hydrogen-bond acceptors (Lipinski definition) is 6. The summed E-state index contributed by atoms with van der Waals surface area (Å²) in [5.74, 6) is -0.681. The summed E-state index contributed by atoms with van der Waals surface area (Å²) >= 11 is 3.10. The molecule has 3 aromatic rings. The number of nitrogens with zero attached hydrogens (tertiary/aromatic N) is 3. The third-order valence-electron chi connectivity index (χ3n) is 4.73. The van der Waals surface area contributed by atoms with Crippen LogP contribution in [-0.2, 0) is 22.4 Å². The smallest absolute Gasteiger partial charge is 0.243 e. The van der Waals surface area contributed by atoms with Gasteiger partial charge in [-0.2, -0.15) is 0 Å². The molecule has 0 unspecified atom stereocenters. The minimum atomic E-state index is -0.373. The molecule has 29 heavy (non-hydrogen) atoms. The average molecular weight is 431 g/mol. The lowest BCUT2D eigenvalue weighted by Crippen LogP contribution is -2.35. The number of aromatic nitrogens is 2. The van der Waals surface area contributed by atoms with Crippen molar-refractivity contribution in [3.05, 3.63) is 46.9 Å². The van der Waals surface area contributed by atoms with E-state index >= 15 is 0 Å². The van der Waals surface area contributed by atoms with Crippen LogP contribution in [0.2, 0.25) is 0 Å². The Balaban J connectivity index is 1.35. The Morgan fingerprint density at radius 3 is 2.83 bits per heavy atom. The van der Waals surface area contributed by atoms with Gasteiger partial charge in [0.05, 0.1) is 12.3 Å². The van der Waals surface area contributed by atoms with Gasteiger partial charge in [0.25, 0.3) is 0 Å². The predicted octanol–water partition coefficient (Wildman–Crippen LogP) is 3.51. The van der Waals surface area contributed by atoms with Gasteiger partial charge in [-0.25, -0.2) is 14.4 Å². The summed E-state index contributed by atoms with van der Waals surface area (Å²) in [6.45, 7) is -0.0796. The molecule has 0 fully saturated rings. The van der Waals surface area contributed by atoms with Crippen molar-refractivity contribution >= 4 is 50.8 Å². The molecule has 0 atom stereocenters. The van der Waals surface area contributed by atoms with Gasteiger partial charge in [0.1, 0.15) is 22.0 Å². The van der Waals surface area contributed by atoms with Gasteiger partial charge in [-0.3, -0.25) is 9.59 Å². The zero-order valence-electron chi connectivity index (χ0n) is 15.8. The zero-order chi connectivity index (χ0) is 20.4. The van der Waals surface area contributed by atoms with Crippen molar-refractivity contribution in [1.29, 1.82) is 0 Å². The van der Waals surface area contributed by atoms with Crippen LogP contribution >= 0.6 is 23.1 Å². The number of carbonyl (C=O) groups is 2. The molecule has 0 saturated carbocycles. The van der Waals surface area contributed by atoms with Crippen LogP contribution in [0.4, 0.5) is 10.1 Å². The van der Waals surface area contributed by atoms with Crippen LogP contribution in [0.15, 0.2) is 35.6 Å². The number of nitrogens with one attached hydrogen (secondary N) is 1. The Labute approximate surface area is 175 Å². The molecule has 0 bridgehead atoms. The third kappa shape index (κ3) is 4.40. The van der Waals surface area contributed by atoms with Crippen molar-refractivity contribution in [3.63, 3.8) is 0 Å². The van der Waals surface area contributed by atoms with Gasteiger partial charge < -0.3 is 10.2 Å². The molecule has 2 aromatic heterocycles. The highest BCUT2D eigenvalue weighted by atomic mass is 32.2. The number of likely N-dealkylation sites (N-methyl/N-ethyl adjacent to an activating group) is 1. The average Bonchev–Trinajstić information content (AvgIpc) is 3.29. The number of anilines is 1. The van der Waals surface area contributed by atoms with Crippen molar-refractivity contribution in [2.75, 3.05) is 24.7 Å². The molecule has 4 rings (SSSR count). The predicted molar refractivity (Wildman–Crippen MR) is 113 cm³/mol. The maximum atomic E-state index is 12.9. The third-order valence-corrected chi connectivity index (χ3v) is 6.91. The zero-order valence-corrected chi connectivity index (χ0v) is 17.4. The van der Waals surface area contributed by atoms with E-state index in [9.17, 15) is 14.0 Å². The molecule has 2 heterocycles. The molecule has 0 aliphatic heterocycles. The van der Waals surface area contributed by atoms with E-state index in [1.807, 2.05) is 0 Å². The number of hydrogen-bond donors (Lipinski definition) is 1. The van der Waals surface area contributed by atoms with Crippen LogP contribution in [-0.4, -0.2) is 46.0 Å². The fourth-order valence-electron chi connectivity index (χ4n) is 3.29. The number of thioether (sulfide) groups is 1. The summed E-state index contributed by atoms with van der Waals surface area (Å²) in [4.78, 5) is 37.1. The second-order valence-electron chi connectivity index (χ2n) is 6.81. The number of halogens is 1. The van der Waals surface area contributed by atoms with Gasteiger partial charge in [0, 0.05) is 23.0 Å². The standard InChI is InChI=1S/C20H19FN4O2S2/c1-25(9-16(26)24-13-7-5-12(21)6-8-13)17(27)10-28-19-18-14-3-2-4-15(14)29-20(18)23-11-22-19/h5-8,11H,2-4,9-10H2,1H3,(H,24,26). The number of aryl methyl sites for hydroxylation is 2. The topological polar surface area (TPSA) is 75.2 Å². The maximum Gasteiger partial charge on any atom is 0.243 e. The highest BCUT2D eigenvalue weighted by molar-refractivity contribution is 8.00. The minimum absolute atomic E-state index is 0.0796. The largest absolute Gasteiger partial charge is 0.336 e. The summed E-state index contributed by atoms with van der Waals surface area (Å²) in [6, 6.07) is 5.49. The fraction of sp³-hybridized carbons (Fsp3) is 0.300. The van der Waals surface area contributed by atoms with E-state index in [1.54, 1.807) is 24.7 Å². The van der Waals surface area contributed by atoms with Crippen LogP contribution in [0.1, 0.15) is 16.9 Å².